The summed E-state index contributed by atoms with van der Waals surface area (Å²) < 4.78 is 11.2. The number of nitrogens with zero attached hydrogens (tertiary/aromatic N) is 4. The van der Waals surface area contributed by atoms with Crippen molar-refractivity contribution in [2.45, 2.75) is 64.3 Å². The summed E-state index contributed by atoms with van der Waals surface area (Å²) in [6.07, 6.45) is 8.62. The van der Waals surface area contributed by atoms with Gasteiger partial charge < -0.3 is 29.8 Å². The predicted molar refractivity (Wildman–Crippen MR) is 160 cm³/mol. The number of aliphatic hydroxyl groups excluding tert-OH is 1. The molecule has 4 heterocycles. The van der Waals surface area contributed by atoms with Crippen LogP contribution in [0.3, 0.4) is 0 Å². The summed E-state index contributed by atoms with van der Waals surface area (Å²) in [6, 6.07) is 7.72. The van der Waals surface area contributed by atoms with Crippen molar-refractivity contribution >= 4 is 17.6 Å². The van der Waals surface area contributed by atoms with Gasteiger partial charge in [0.1, 0.15) is 18.2 Å². The van der Waals surface area contributed by atoms with Gasteiger partial charge in [-0.05, 0) is 73.9 Å². The zero-order chi connectivity index (χ0) is 29.8. The molecular weight excluding hydrogens is 548 g/mol. The Hall–Kier alpha value is -3.96. The number of pyridine rings is 1. The van der Waals surface area contributed by atoms with Crippen LogP contribution in [0, 0.1) is 12.8 Å². The topological polar surface area (TPSA) is 133 Å². The average Bonchev–Trinajstić information content (AvgIpc) is 3.74. The minimum Gasteiger partial charge on any atom is -0.485 e. The number of nitrogens with one attached hydrogen (secondary N) is 2. The maximum absolute atomic E-state index is 12.9. The molecule has 1 saturated carbocycles. The summed E-state index contributed by atoms with van der Waals surface area (Å²) in [7, 11) is 0. The van der Waals surface area contributed by atoms with E-state index in [4.69, 9.17) is 9.15 Å². The lowest BCUT2D eigenvalue weighted by Crippen LogP contribution is -2.43. The molecule has 3 aliphatic rings. The van der Waals surface area contributed by atoms with Crippen LogP contribution in [0.2, 0.25) is 0 Å². The van der Waals surface area contributed by atoms with E-state index >= 15 is 0 Å². The Morgan fingerprint density at radius 2 is 2.00 bits per heavy atom. The number of ether oxygens (including phenoxy) is 1. The van der Waals surface area contributed by atoms with E-state index < -0.39 is 6.10 Å². The van der Waals surface area contributed by atoms with Gasteiger partial charge in [-0.3, -0.25) is 14.5 Å². The van der Waals surface area contributed by atoms with Crippen LogP contribution in [0.15, 0.2) is 47.5 Å². The molecule has 0 spiro atoms. The van der Waals surface area contributed by atoms with Gasteiger partial charge in [-0.25, -0.2) is 9.97 Å². The molecule has 0 radical (unpaired) electrons. The number of aromatic nitrogens is 2. The Balaban J connectivity index is 0.943. The molecule has 2 fully saturated rings. The van der Waals surface area contributed by atoms with Crippen molar-refractivity contribution < 1.29 is 23.8 Å². The highest BCUT2D eigenvalue weighted by atomic mass is 16.5. The van der Waals surface area contributed by atoms with Crippen molar-refractivity contribution in [1.29, 1.82) is 0 Å². The molecule has 228 valence electrons. The summed E-state index contributed by atoms with van der Waals surface area (Å²) in [4.78, 5) is 37.7. The standard InChI is InChI=1S/C32H40N6O5/c1-21-28-9-11-37(17-24(28)4-5-29(21)42-19-27-16-33-20-43-27)18-26(39)15-35-31(40)23-6-10-34-30(14-23)36-25-7-12-38(13-8-25)32(41)22-2-3-22/h4-6,10,14,16,20,22,25-26,39H,2-3,7-9,11-13,15,17-19H2,1H3,(H,34,36)(H,35,40)/t26-/m0/s1. The summed E-state index contributed by atoms with van der Waals surface area (Å²) >= 11 is 0. The van der Waals surface area contributed by atoms with Crippen LogP contribution in [-0.4, -0.2) is 81.6 Å². The van der Waals surface area contributed by atoms with Gasteiger partial charge in [-0.15, -0.1) is 0 Å². The van der Waals surface area contributed by atoms with E-state index in [2.05, 4.69) is 38.5 Å². The van der Waals surface area contributed by atoms with Crippen molar-refractivity contribution in [3.8, 4) is 5.75 Å². The smallest absolute Gasteiger partial charge is 0.251 e. The highest BCUT2D eigenvalue weighted by Crippen LogP contribution is 2.32. The normalized spacial score (nSPS) is 18.1. The molecule has 1 aliphatic carbocycles. The van der Waals surface area contributed by atoms with Crippen LogP contribution < -0.4 is 15.4 Å². The number of amides is 2. The van der Waals surface area contributed by atoms with Gasteiger partial charge in [0.15, 0.2) is 12.2 Å². The Kier molecular flexibility index (Phi) is 8.90. The lowest BCUT2D eigenvalue weighted by molar-refractivity contribution is -0.133. The van der Waals surface area contributed by atoms with Crippen molar-refractivity contribution in [2.75, 3.05) is 38.0 Å². The Morgan fingerprint density at radius 3 is 2.77 bits per heavy atom. The van der Waals surface area contributed by atoms with E-state index in [0.717, 1.165) is 69.6 Å². The van der Waals surface area contributed by atoms with Gasteiger partial charge in [-0.2, -0.15) is 0 Å². The molecule has 2 amide bonds. The molecule has 3 N–H and O–H groups in total. The minimum absolute atomic E-state index is 0.161. The highest BCUT2D eigenvalue weighted by Gasteiger charge is 2.35. The molecule has 1 aromatic carbocycles. The molecule has 43 heavy (non-hydrogen) atoms. The monoisotopic (exact) mass is 588 g/mol. The number of hydrogen-bond donors (Lipinski definition) is 3. The first-order chi connectivity index (χ1) is 20.9. The second-order valence-electron chi connectivity index (χ2n) is 11.9. The van der Waals surface area contributed by atoms with Crippen LogP contribution in [0.25, 0.3) is 0 Å². The number of β-amino-alcohol motifs (C(OH)–C–C–N with tert-alkyl or cyclic N) is 1. The molecule has 2 aliphatic heterocycles. The first kappa shape index (κ1) is 29.1. The van der Waals surface area contributed by atoms with E-state index in [1.54, 1.807) is 24.5 Å². The maximum Gasteiger partial charge on any atom is 0.251 e. The van der Waals surface area contributed by atoms with Gasteiger partial charge >= 0.3 is 0 Å². The summed E-state index contributed by atoms with van der Waals surface area (Å²) in [5.74, 6) is 2.48. The largest absolute Gasteiger partial charge is 0.485 e. The molecule has 3 aromatic rings. The van der Waals surface area contributed by atoms with E-state index in [0.29, 0.717) is 36.2 Å². The predicted octanol–water partition coefficient (Wildman–Crippen LogP) is 2.92. The lowest BCUT2D eigenvalue weighted by Gasteiger charge is -2.32. The van der Waals surface area contributed by atoms with Crippen molar-refractivity contribution in [3.05, 3.63) is 71.1 Å². The molecule has 1 atom stereocenters. The van der Waals surface area contributed by atoms with Crippen LogP contribution in [-0.2, 0) is 24.4 Å². The Labute approximate surface area is 251 Å². The third kappa shape index (κ3) is 7.34. The fourth-order valence-corrected chi connectivity index (χ4v) is 6.02. The van der Waals surface area contributed by atoms with Crippen LogP contribution in [0.5, 0.6) is 5.75 Å². The fraction of sp³-hybridized carbons (Fsp3) is 0.500. The minimum atomic E-state index is -0.695. The third-order valence-corrected chi connectivity index (χ3v) is 8.65. The quantitative estimate of drug-likeness (QED) is 0.309. The summed E-state index contributed by atoms with van der Waals surface area (Å²) in [5.41, 5.74) is 4.14. The second kappa shape index (κ2) is 13.1. The van der Waals surface area contributed by atoms with Crippen LogP contribution in [0.4, 0.5) is 5.82 Å². The van der Waals surface area contributed by atoms with Gasteiger partial charge in [0.2, 0.25) is 5.91 Å². The van der Waals surface area contributed by atoms with E-state index in [1.165, 1.54) is 17.5 Å². The van der Waals surface area contributed by atoms with Gasteiger partial charge in [0, 0.05) is 63.0 Å². The van der Waals surface area contributed by atoms with E-state index in [-0.39, 0.29) is 24.4 Å². The number of oxazole rings is 1. The molecular formula is C32H40N6O5. The number of benzene rings is 1. The number of likely N-dealkylation sites (tertiary alicyclic amines) is 1. The molecule has 0 unspecified atom stereocenters. The van der Waals surface area contributed by atoms with Crippen molar-refractivity contribution in [1.82, 2.24) is 25.1 Å². The maximum atomic E-state index is 12.9. The van der Waals surface area contributed by atoms with Crippen LogP contribution >= 0.6 is 0 Å². The van der Waals surface area contributed by atoms with Gasteiger partial charge in [0.05, 0.1) is 12.3 Å². The van der Waals surface area contributed by atoms with Crippen LogP contribution in [0.1, 0.15) is 58.5 Å². The molecule has 2 aromatic heterocycles. The molecule has 0 bridgehead atoms. The average molecular weight is 589 g/mol. The number of carbonyl (C=O) groups excluding carboxylic acids is 2. The second-order valence-corrected chi connectivity index (χ2v) is 11.9. The molecule has 11 nitrogen and oxygen atoms in total. The molecule has 1 saturated heterocycles. The Morgan fingerprint density at radius 1 is 1.16 bits per heavy atom. The number of piperidine rings is 1. The zero-order valence-electron chi connectivity index (χ0n) is 24.6. The number of carbonyl (C=O) groups is 2. The highest BCUT2D eigenvalue weighted by molar-refractivity contribution is 5.94. The number of rotatable bonds is 11. The SMILES string of the molecule is Cc1c(OCc2cnco2)ccc2c1CCN(C[C@@H](O)CNC(=O)c1ccnc(NC3CCN(C(=O)C4CC4)CC3)c1)C2. The third-order valence-electron chi connectivity index (χ3n) is 8.65. The first-order valence-electron chi connectivity index (χ1n) is 15.2. The zero-order valence-corrected chi connectivity index (χ0v) is 24.6. The van der Waals surface area contributed by atoms with Crippen molar-refractivity contribution in [2.24, 2.45) is 5.92 Å². The van der Waals surface area contributed by atoms with Gasteiger partial charge in [-0.1, -0.05) is 6.07 Å². The van der Waals surface area contributed by atoms with E-state index in [9.17, 15) is 14.7 Å². The number of fused-ring (bicyclic) bond motifs is 1. The first-order valence-corrected chi connectivity index (χ1v) is 15.2. The number of anilines is 1. The summed E-state index contributed by atoms with van der Waals surface area (Å²) in [6.45, 7) is 6.11. The van der Waals surface area contributed by atoms with Crippen molar-refractivity contribution in [3.63, 3.8) is 0 Å². The molecule has 6 rings (SSSR count). The lowest BCUT2D eigenvalue weighted by atomic mass is 9.94. The van der Waals surface area contributed by atoms with Gasteiger partial charge in [0.25, 0.3) is 5.91 Å². The Bertz CT molecular complexity index is 1420. The fourth-order valence-electron chi connectivity index (χ4n) is 6.02. The summed E-state index contributed by atoms with van der Waals surface area (Å²) in [5, 5.41) is 17.0. The van der Waals surface area contributed by atoms with E-state index in [1.807, 2.05) is 11.0 Å². The number of aliphatic hydroxyl groups is 1. The molecule has 11 heteroatoms. The number of hydrogen-bond acceptors (Lipinski definition) is 9.